The third-order valence-corrected chi connectivity index (χ3v) is 5.79. The van der Waals surface area contributed by atoms with Gasteiger partial charge in [-0.15, -0.1) is 0 Å². The van der Waals surface area contributed by atoms with Crippen molar-refractivity contribution in [1.29, 1.82) is 0 Å². The van der Waals surface area contributed by atoms with Crippen molar-refractivity contribution in [2.24, 2.45) is 0 Å². The molecule has 0 radical (unpaired) electrons. The average Bonchev–Trinajstić information content (AvgIpc) is 2.79. The highest BCUT2D eigenvalue weighted by molar-refractivity contribution is 7.99. The van der Waals surface area contributed by atoms with Gasteiger partial charge in [0.2, 0.25) is 0 Å². The highest BCUT2D eigenvalue weighted by atomic mass is 32.2. The van der Waals surface area contributed by atoms with Crippen molar-refractivity contribution in [3.05, 3.63) is 35.4 Å². The zero-order valence-electron chi connectivity index (χ0n) is 14.0. The lowest BCUT2D eigenvalue weighted by molar-refractivity contribution is 0.196. The van der Waals surface area contributed by atoms with E-state index in [4.69, 9.17) is 0 Å². The van der Waals surface area contributed by atoms with Crippen LogP contribution in [-0.4, -0.2) is 35.8 Å². The molecular formula is C18H28N2OS. The summed E-state index contributed by atoms with van der Waals surface area (Å²) in [5.74, 6) is 1.01. The maximum Gasteiger partial charge on any atom is 0.317 e. The Morgan fingerprint density at radius 1 is 1.32 bits per heavy atom. The van der Waals surface area contributed by atoms with Crippen LogP contribution in [0.1, 0.15) is 49.5 Å². The second kappa shape index (κ2) is 8.47. The molecule has 0 bridgehead atoms. The molecule has 22 heavy (non-hydrogen) atoms. The molecule has 0 aromatic heterocycles. The van der Waals surface area contributed by atoms with Crippen LogP contribution >= 0.6 is 11.8 Å². The molecule has 1 atom stereocenters. The van der Waals surface area contributed by atoms with Crippen molar-refractivity contribution >= 4 is 17.8 Å². The standard InChI is InChI=1S/C18H28N2OS/c1-4-15(5-2)19-18(21)20-11-10-17(22-13-12-20)16-9-7-6-8-14(16)3/h6-9,15,17H,4-5,10-13H2,1-3H3,(H,19,21). The van der Waals surface area contributed by atoms with Gasteiger partial charge >= 0.3 is 6.03 Å². The molecule has 1 aromatic carbocycles. The lowest BCUT2D eigenvalue weighted by atomic mass is 10.0. The SMILES string of the molecule is CCC(CC)NC(=O)N1CCSC(c2ccccc2C)CC1. The fourth-order valence-corrected chi connectivity index (χ4v) is 4.25. The number of nitrogens with one attached hydrogen (secondary N) is 1. The van der Waals surface area contributed by atoms with Gasteiger partial charge in [0.15, 0.2) is 0 Å². The summed E-state index contributed by atoms with van der Waals surface area (Å²) in [6, 6.07) is 9.03. The minimum absolute atomic E-state index is 0.111. The van der Waals surface area contributed by atoms with Gasteiger partial charge in [0, 0.05) is 30.1 Å². The summed E-state index contributed by atoms with van der Waals surface area (Å²) in [6.07, 6.45) is 3.03. The van der Waals surface area contributed by atoms with Gasteiger partial charge < -0.3 is 10.2 Å². The third kappa shape index (κ3) is 4.42. The number of thioether (sulfide) groups is 1. The van der Waals surface area contributed by atoms with Crippen LogP contribution in [0.5, 0.6) is 0 Å². The van der Waals surface area contributed by atoms with Crippen molar-refractivity contribution in [1.82, 2.24) is 10.2 Å². The van der Waals surface area contributed by atoms with Gasteiger partial charge in [0.1, 0.15) is 0 Å². The number of carbonyl (C=O) groups is 1. The molecule has 0 aliphatic carbocycles. The maximum atomic E-state index is 12.4. The number of urea groups is 1. The molecule has 1 N–H and O–H groups in total. The second-order valence-corrected chi connectivity index (χ2v) is 7.27. The lowest BCUT2D eigenvalue weighted by Gasteiger charge is -2.24. The lowest BCUT2D eigenvalue weighted by Crippen LogP contribution is -2.45. The summed E-state index contributed by atoms with van der Waals surface area (Å²) >= 11 is 1.98. The average molecular weight is 321 g/mol. The van der Waals surface area contributed by atoms with Gasteiger partial charge in [-0.05, 0) is 37.3 Å². The number of hydrogen-bond donors (Lipinski definition) is 1. The van der Waals surface area contributed by atoms with Crippen LogP contribution in [0.3, 0.4) is 0 Å². The van der Waals surface area contributed by atoms with Crippen molar-refractivity contribution in [2.75, 3.05) is 18.8 Å². The Kier molecular flexibility index (Phi) is 6.62. The Balaban J connectivity index is 1.95. The zero-order chi connectivity index (χ0) is 15.9. The Hall–Kier alpha value is -1.16. The number of hydrogen-bond acceptors (Lipinski definition) is 2. The zero-order valence-corrected chi connectivity index (χ0v) is 14.8. The van der Waals surface area contributed by atoms with E-state index in [1.54, 1.807) is 0 Å². The minimum atomic E-state index is 0.111. The molecule has 3 nitrogen and oxygen atoms in total. The summed E-state index contributed by atoms with van der Waals surface area (Å²) in [7, 11) is 0. The topological polar surface area (TPSA) is 32.3 Å². The summed E-state index contributed by atoms with van der Waals surface area (Å²) in [5, 5.41) is 3.66. The first-order valence-corrected chi connectivity index (χ1v) is 9.43. The van der Waals surface area contributed by atoms with E-state index in [-0.39, 0.29) is 6.03 Å². The molecule has 1 aromatic rings. The Bertz CT molecular complexity index is 488. The molecule has 1 aliphatic rings. The summed E-state index contributed by atoms with van der Waals surface area (Å²) < 4.78 is 0. The molecule has 1 heterocycles. The number of rotatable bonds is 4. The number of amides is 2. The normalized spacial score (nSPS) is 19.1. The number of carbonyl (C=O) groups excluding carboxylic acids is 1. The van der Waals surface area contributed by atoms with Crippen LogP contribution in [0, 0.1) is 6.92 Å². The van der Waals surface area contributed by atoms with Crippen LogP contribution in [0.15, 0.2) is 24.3 Å². The Morgan fingerprint density at radius 2 is 2.05 bits per heavy atom. The maximum absolute atomic E-state index is 12.4. The molecule has 2 rings (SSSR count). The van der Waals surface area contributed by atoms with Gasteiger partial charge in [-0.2, -0.15) is 11.8 Å². The van der Waals surface area contributed by atoms with E-state index in [9.17, 15) is 4.79 Å². The van der Waals surface area contributed by atoms with Gasteiger partial charge in [-0.1, -0.05) is 38.1 Å². The van der Waals surface area contributed by atoms with Crippen LogP contribution in [-0.2, 0) is 0 Å². The molecule has 1 unspecified atom stereocenters. The highest BCUT2D eigenvalue weighted by Crippen LogP contribution is 2.35. The summed E-state index contributed by atoms with van der Waals surface area (Å²) in [6.45, 7) is 8.12. The fourth-order valence-electron chi connectivity index (χ4n) is 2.93. The van der Waals surface area contributed by atoms with E-state index in [0.29, 0.717) is 11.3 Å². The molecule has 122 valence electrons. The van der Waals surface area contributed by atoms with Crippen molar-refractivity contribution < 1.29 is 4.79 Å². The number of aryl methyl sites for hydroxylation is 1. The van der Waals surface area contributed by atoms with E-state index in [2.05, 4.69) is 50.4 Å². The molecule has 1 saturated heterocycles. The van der Waals surface area contributed by atoms with E-state index >= 15 is 0 Å². The van der Waals surface area contributed by atoms with E-state index in [0.717, 1.165) is 38.1 Å². The largest absolute Gasteiger partial charge is 0.335 e. The van der Waals surface area contributed by atoms with Crippen LogP contribution < -0.4 is 5.32 Å². The second-order valence-electron chi connectivity index (χ2n) is 5.95. The Labute approximate surface area is 138 Å². The molecule has 0 saturated carbocycles. The molecular weight excluding hydrogens is 292 g/mol. The molecule has 1 fully saturated rings. The molecule has 2 amide bonds. The van der Waals surface area contributed by atoms with Crippen LogP contribution in [0.25, 0.3) is 0 Å². The van der Waals surface area contributed by atoms with Crippen molar-refractivity contribution in [3.63, 3.8) is 0 Å². The smallest absolute Gasteiger partial charge is 0.317 e. The van der Waals surface area contributed by atoms with E-state index in [1.165, 1.54) is 11.1 Å². The minimum Gasteiger partial charge on any atom is -0.335 e. The quantitative estimate of drug-likeness (QED) is 0.893. The monoisotopic (exact) mass is 320 g/mol. The first-order valence-electron chi connectivity index (χ1n) is 8.38. The van der Waals surface area contributed by atoms with Gasteiger partial charge in [0.25, 0.3) is 0 Å². The number of benzene rings is 1. The highest BCUT2D eigenvalue weighted by Gasteiger charge is 2.23. The van der Waals surface area contributed by atoms with Gasteiger partial charge in [-0.25, -0.2) is 4.79 Å². The van der Waals surface area contributed by atoms with Crippen molar-refractivity contribution in [2.45, 2.75) is 51.3 Å². The first kappa shape index (κ1) is 17.2. The predicted molar refractivity (Wildman–Crippen MR) is 95.5 cm³/mol. The van der Waals surface area contributed by atoms with E-state index < -0.39 is 0 Å². The predicted octanol–water partition coefficient (Wildman–Crippen LogP) is 4.37. The first-order chi connectivity index (χ1) is 10.7. The van der Waals surface area contributed by atoms with E-state index in [1.807, 2.05) is 16.7 Å². The molecule has 0 spiro atoms. The van der Waals surface area contributed by atoms with Crippen molar-refractivity contribution in [3.8, 4) is 0 Å². The van der Waals surface area contributed by atoms with Crippen LogP contribution in [0.4, 0.5) is 4.79 Å². The fraction of sp³-hybridized carbons (Fsp3) is 0.611. The number of nitrogens with zero attached hydrogens (tertiary/aromatic N) is 1. The Morgan fingerprint density at radius 3 is 2.73 bits per heavy atom. The van der Waals surface area contributed by atoms with Gasteiger partial charge in [0.05, 0.1) is 0 Å². The summed E-state index contributed by atoms with van der Waals surface area (Å²) in [5.41, 5.74) is 2.78. The summed E-state index contributed by atoms with van der Waals surface area (Å²) in [4.78, 5) is 14.4. The molecule has 4 heteroatoms. The van der Waals surface area contributed by atoms with Crippen LogP contribution in [0.2, 0.25) is 0 Å². The molecule has 1 aliphatic heterocycles. The van der Waals surface area contributed by atoms with Gasteiger partial charge in [-0.3, -0.25) is 0 Å². The third-order valence-electron chi connectivity index (χ3n) is 4.48.